The van der Waals surface area contributed by atoms with Crippen molar-refractivity contribution >= 4 is 40.1 Å². The Balaban J connectivity index is 0.000000371. The first-order valence-electron chi connectivity index (χ1n) is 10.8. The smallest absolute Gasteiger partial charge is 0.328 e. The van der Waals surface area contributed by atoms with Crippen molar-refractivity contribution in [1.29, 1.82) is 0 Å². The molecule has 0 unspecified atom stereocenters. The van der Waals surface area contributed by atoms with Crippen molar-refractivity contribution < 1.29 is 19.8 Å². The average molecular weight is 501 g/mol. The first-order valence-corrected chi connectivity index (χ1v) is 11.2. The number of aliphatic carboxylic acids is 2. The van der Waals surface area contributed by atoms with Gasteiger partial charge >= 0.3 is 17.6 Å². The number of hydrogen-bond donors (Lipinski definition) is 3. The zero-order chi connectivity index (χ0) is 25.4. The molecule has 0 radical (unpaired) electrons. The van der Waals surface area contributed by atoms with Crippen LogP contribution in [0.4, 0.5) is 5.69 Å². The molecule has 1 aliphatic heterocycles. The molecule has 184 valence electrons. The minimum atomic E-state index is -1.26. The summed E-state index contributed by atoms with van der Waals surface area (Å²) in [4.78, 5) is 51.5. The van der Waals surface area contributed by atoms with E-state index in [1.807, 2.05) is 18.2 Å². The van der Waals surface area contributed by atoms with E-state index in [-0.39, 0.29) is 11.2 Å². The summed E-state index contributed by atoms with van der Waals surface area (Å²) in [6, 6.07) is 15.3. The van der Waals surface area contributed by atoms with Gasteiger partial charge in [-0.25, -0.2) is 14.4 Å². The van der Waals surface area contributed by atoms with Gasteiger partial charge in [0.25, 0.3) is 5.56 Å². The van der Waals surface area contributed by atoms with Crippen molar-refractivity contribution in [2.24, 2.45) is 0 Å². The molecule has 0 saturated carbocycles. The Labute approximate surface area is 205 Å². The molecule has 2 aromatic carbocycles. The number of nitrogens with zero attached hydrogens (tertiary/aromatic N) is 3. The average Bonchev–Trinajstić information content (AvgIpc) is 2.84. The summed E-state index contributed by atoms with van der Waals surface area (Å²) in [6.45, 7) is 4.70. The lowest BCUT2D eigenvalue weighted by Gasteiger charge is -2.36. The van der Waals surface area contributed by atoms with Crippen LogP contribution in [0.25, 0.3) is 10.9 Å². The number of carboxylic acid groups (broad SMARTS) is 2. The molecule has 1 aromatic heterocycles. The van der Waals surface area contributed by atoms with E-state index < -0.39 is 11.9 Å². The number of piperazine rings is 1. The standard InChI is InChI=1S/C20H21ClN4O2.C4H4O4/c21-15-6-7-18-17(14-15)19(26)25(20(27)22-18)13-10-23-8-11-24(12-9-23)16-4-2-1-3-5-16;5-3(6)1-2-4(7)8/h1-7,14H,8-13H2,(H,22,27);1-2H,(H,5,6)(H,7,8)/b;2-1+. The van der Waals surface area contributed by atoms with Gasteiger partial charge in [-0.3, -0.25) is 14.3 Å². The monoisotopic (exact) mass is 500 g/mol. The van der Waals surface area contributed by atoms with Gasteiger partial charge in [-0.15, -0.1) is 0 Å². The molecule has 2 heterocycles. The molecule has 1 saturated heterocycles. The molecule has 4 rings (SSSR count). The second kappa shape index (κ2) is 12.0. The molecule has 11 heteroatoms. The fourth-order valence-corrected chi connectivity index (χ4v) is 3.85. The lowest BCUT2D eigenvalue weighted by Crippen LogP contribution is -2.48. The van der Waals surface area contributed by atoms with Crippen LogP contribution in [0.5, 0.6) is 0 Å². The van der Waals surface area contributed by atoms with Crippen molar-refractivity contribution in [2.75, 3.05) is 37.6 Å². The number of anilines is 1. The fourth-order valence-electron chi connectivity index (χ4n) is 3.68. The molecule has 0 spiro atoms. The number of para-hydroxylation sites is 1. The number of benzene rings is 2. The van der Waals surface area contributed by atoms with E-state index in [9.17, 15) is 19.2 Å². The molecular formula is C24H25ClN4O6. The highest BCUT2D eigenvalue weighted by Gasteiger charge is 2.17. The van der Waals surface area contributed by atoms with E-state index in [1.165, 1.54) is 10.3 Å². The normalized spacial score (nSPS) is 14.0. The van der Waals surface area contributed by atoms with Gasteiger partial charge in [-0.1, -0.05) is 29.8 Å². The van der Waals surface area contributed by atoms with E-state index in [0.29, 0.717) is 41.2 Å². The number of fused-ring (bicyclic) bond motifs is 1. The highest BCUT2D eigenvalue weighted by Crippen LogP contribution is 2.16. The number of carboxylic acids is 2. The molecule has 35 heavy (non-hydrogen) atoms. The summed E-state index contributed by atoms with van der Waals surface area (Å²) >= 11 is 5.99. The largest absolute Gasteiger partial charge is 0.478 e. The third kappa shape index (κ3) is 7.29. The molecule has 3 aromatic rings. The third-order valence-electron chi connectivity index (χ3n) is 5.45. The predicted octanol–water partition coefficient (Wildman–Crippen LogP) is 1.88. The van der Waals surface area contributed by atoms with E-state index in [2.05, 4.69) is 26.9 Å². The van der Waals surface area contributed by atoms with Crippen LogP contribution in [0.1, 0.15) is 0 Å². The van der Waals surface area contributed by atoms with E-state index in [1.54, 1.807) is 18.2 Å². The number of aromatic amines is 1. The zero-order valence-corrected chi connectivity index (χ0v) is 19.5. The zero-order valence-electron chi connectivity index (χ0n) is 18.8. The maximum Gasteiger partial charge on any atom is 0.328 e. The van der Waals surface area contributed by atoms with Gasteiger partial charge in [0.15, 0.2) is 0 Å². The molecular weight excluding hydrogens is 476 g/mol. The van der Waals surface area contributed by atoms with Crippen LogP contribution < -0.4 is 16.1 Å². The summed E-state index contributed by atoms with van der Waals surface area (Å²) in [5.41, 5.74) is 1.08. The second-order valence-corrected chi connectivity index (χ2v) is 8.19. The lowest BCUT2D eigenvalue weighted by molar-refractivity contribution is -0.134. The maximum atomic E-state index is 12.7. The summed E-state index contributed by atoms with van der Waals surface area (Å²) < 4.78 is 1.27. The molecule has 0 amide bonds. The number of H-pyrrole nitrogens is 1. The lowest BCUT2D eigenvalue weighted by atomic mass is 10.2. The van der Waals surface area contributed by atoms with E-state index in [0.717, 1.165) is 26.2 Å². The molecule has 1 aliphatic rings. The fraction of sp³-hybridized carbons (Fsp3) is 0.250. The molecule has 1 fully saturated rings. The van der Waals surface area contributed by atoms with E-state index in [4.69, 9.17) is 21.8 Å². The Morgan fingerprint density at radius 2 is 1.54 bits per heavy atom. The maximum absolute atomic E-state index is 12.7. The van der Waals surface area contributed by atoms with Gasteiger partial charge in [0.2, 0.25) is 0 Å². The number of hydrogen-bond acceptors (Lipinski definition) is 6. The Morgan fingerprint density at radius 3 is 2.14 bits per heavy atom. The summed E-state index contributed by atoms with van der Waals surface area (Å²) in [7, 11) is 0. The van der Waals surface area contributed by atoms with Crippen molar-refractivity contribution in [2.45, 2.75) is 6.54 Å². The number of halogens is 1. The SMILES string of the molecule is O=C(O)/C=C/C(=O)O.O=c1[nH]c2ccc(Cl)cc2c(=O)n1CCN1CCN(c2ccccc2)CC1. The quantitative estimate of drug-likeness (QED) is 0.436. The number of rotatable bonds is 6. The van der Waals surface area contributed by atoms with Crippen molar-refractivity contribution in [3.8, 4) is 0 Å². The molecule has 3 N–H and O–H groups in total. The predicted molar refractivity (Wildman–Crippen MR) is 133 cm³/mol. The van der Waals surface area contributed by atoms with Gasteiger partial charge in [0.1, 0.15) is 0 Å². The minimum Gasteiger partial charge on any atom is -0.478 e. The first-order chi connectivity index (χ1) is 16.7. The Kier molecular flexibility index (Phi) is 8.82. The second-order valence-electron chi connectivity index (χ2n) is 7.75. The number of carbonyl (C=O) groups is 2. The van der Waals surface area contributed by atoms with Crippen molar-refractivity contribution in [3.05, 3.63) is 86.5 Å². The molecule has 0 aliphatic carbocycles. The van der Waals surface area contributed by atoms with Gasteiger partial charge in [0, 0.05) is 62.1 Å². The van der Waals surface area contributed by atoms with Gasteiger partial charge in [0.05, 0.1) is 10.9 Å². The molecule has 0 atom stereocenters. The van der Waals surface area contributed by atoms with Gasteiger partial charge in [-0.2, -0.15) is 0 Å². The molecule has 0 bridgehead atoms. The first kappa shape index (κ1) is 25.7. The molecule has 10 nitrogen and oxygen atoms in total. The van der Waals surface area contributed by atoms with Crippen LogP contribution in [-0.2, 0) is 16.1 Å². The Hall–Kier alpha value is -3.89. The summed E-state index contributed by atoms with van der Waals surface area (Å²) in [5.74, 6) is -2.51. The van der Waals surface area contributed by atoms with Crippen LogP contribution >= 0.6 is 11.6 Å². The van der Waals surface area contributed by atoms with Crippen LogP contribution in [0.15, 0.2) is 70.3 Å². The Morgan fingerprint density at radius 1 is 0.914 bits per heavy atom. The van der Waals surface area contributed by atoms with Crippen LogP contribution in [0.3, 0.4) is 0 Å². The van der Waals surface area contributed by atoms with Gasteiger partial charge in [-0.05, 0) is 30.3 Å². The van der Waals surface area contributed by atoms with Crippen LogP contribution in [0, 0.1) is 0 Å². The third-order valence-corrected chi connectivity index (χ3v) is 5.68. The highest BCUT2D eigenvalue weighted by atomic mass is 35.5. The highest BCUT2D eigenvalue weighted by molar-refractivity contribution is 6.31. The minimum absolute atomic E-state index is 0.292. The summed E-state index contributed by atoms with van der Waals surface area (Å²) in [5, 5.41) is 16.5. The van der Waals surface area contributed by atoms with Crippen LogP contribution in [-0.4, -0.2) is 69.3 Å². The topological polar surface area (TPSA) is 136 Å². The summed E-state index contributed by atoms with van der Waals surface area (Å²) in [6.07, 6.45) is 1.12. The van der Waals surface area contributed by atoms with Gasteiger partial charge < -0.3 is 20.1 Å². The number of nitrogens with one attached hydrogen (secondary N) is 1. The van der Waals surface area contributed by atoms with Crippen molar-refractivity contribution in [3.63, 3.8) is 0 Å². The van der Waals surface area contributed by atoms with Crippen LogP contribution in [0.2, 0.25) is 5.02 Å². The Bertz CT molecular complexity index is 1310. The number of aromatic nitrogens is 2. The van der Waals surface area contributed by atoms with E-state index >= 15 is 0 Å². The van der Waals surface area contributed by atoms with Crippen molar-refractivity contribution in [1.82, 2.24) is 14.5 Å².